The summed E-state index contributed by atoms with van der Waals surface area (Å²) in [4.78, 5) is 23.9. The van der Waals surface area contributed by atoms with Crippen molar-refractivity contribution in [2.45, 2.75) is 27.2 Å². The molecular formula is C22H27N3O3. The van der Waals surface area contributed by atoms with Crippen LogP contribution in [0.4, 0.5) is 17.1 Å². The lowest BCUT2D eigenvalue weighted by Gasteiger charge is -2.14. The molecule has 0 fully saturated rings. The fourth-order valence-corrected chi connectivity index (χ4v) is 2.45. The van der Waals surface area contributed by atoms with Gasteiger partial charge in [0.1, 0.15) is 12.4 Å². The molecule has 0 aliphatic carbocycles. The van der Waals surface area contributed by atoms with E-state index in [1.807, 2.05) is 44.2 Å². The smallest absolute Gasteiger partial charge is 0.243 e. The van der Waals surface area contributed by atoms with Gasteiger partial charge in [-0.25, -0.2) is 0 Å². The van der Waals surface area contributed by atoms with Crippen LogP contribution in [0.15, 0.2) is 54.6 Å². The van der Waals surface area contributed by atoms with Gasteiger partial charge in [0.2, 0.25) is 11.8 Å². The Morgan fingerprint density at radius 1 is 1.04 bits per heavy atom. The molecule has 148 valence electrons. The SMILES string of the molecule is C=C(C)COc1cccc(NC(=O)CNc2cccc(NC(=O)CC)c2C)c1. The molecule has 2 amide bonds. The standard InChI is InChI=1S/C22H27N3O3/c1-5-21(26)25-20-11-7-10-19(16(20)4)23-13-22(27)24-17-8-6-9-18(12-17)28-14-15(2)3/h6-12,23H,2,5,13-14H2,1,3-4H3,(H,24,27)(H,25,26). The van der Waals surface area contributed by atoms with Crippen molar-refractivity contribution >= 4 is 28.9 Å². The summed E-state index contributed by atoms with van der Waals surface area (Å²) >= 11 is 0. The van der Waals surface area contributed by atoms with Gasteiger partial charge in [-0.3, -0.25) is 9.59 Å². The van der Waals surface area contributed by atoms with Gasteiger partial charge in [-0.15, -0.1) is 0 Å². The zero-order valence-electron chi connectivity index (χ0n) is 16.6. The highest BCUT2D eigenvalue weighted by atomic mass is 16.5. The number of ether oxygens (including phenoxy) is 1. The quantitative estimate of drug-likeness (QED) is 0.564. The monoisotopic (exact) mass is 381 g/mol. The summed E-state index contributed by atoms with van der Waals surface area (Å²) in [6.07, 6.45) is 0.411. The Morgan fingerprint density at radius 3 is 2.46 bits per heavy atom. The molecule has 0 spiro atoms. The molecule has 0 aliphatic rings. The van der Waals surface area contributed by atoms with Crippen LogP contribution in [-0.4, -0.2) is 25.0 Å². The molecule has 3 N–H and O–H groups in total. The van der Waals surface area contributed by atoms with Crippen LogP contribution in [0, 0.1) is 6.92 Å². The van der Waals surface area contributed by atoms with E-state index in [-0.39, 0.29) is 18.4 Å². The summed E-state index contributed by atoms with van der Waals surface area (Å²) in [5.41, 5.74) is 3.99. The molecule has 2 rings (SSSR count). The zero-order chi connectivity index (χ0) is 20.5. The van der Waals surface area contributed by atoms with Crippen LogP contribution in [-0.2, 0) is 9.59 Å². The predicted octanol–water partition coefficient (Wildman–Crippen LogP) is 4.35. The number of carbonyl (C=O) groups is 2. The molecule has 2 aromatic rings. The second kappa shape index (κ2) is 10.2. The minimum absolute atomic E-state index is 0.0493. The van der Waals surface area contributed by atoms with Crippen LogP contribution in [0.1, 0.15) is 25.8 Å². The molecule has 0 saturated carbocycles. The maximum Gasteiger partial charge on any atom is 0.243 e. The van der Waals surface area contributed by atoms with Gasteiger partial charge in [0.05, 0.1) is 6.54 Å². The van der Waals surface area contributed by atoms with Crippen molar-refractivity contribution in [1.82, 2.24) is 0 Å². The molecule has 0 aliphatic heterocycles. The molecule has 0 bridgehead atoms. The van der Waals surface area contributed by atoms with Crippen LogP contribution in [0.5, 0.6) is 5.75 Å². The van der Waals surface area contributed by atoms with Crippen LogP contribution in [0.3, 0.4) is 0 Å². The number of carbonyl (C=O) groups excluding carboxylic acids is 2. The second-order valence-electron chi connectivity index (χ2n) is 6.56. The van der Waals surface area contributed by atoms with E-state index in [2.05, 4.69) is 22.5 Å². The number of hydrogen-bond acceptors (Lipinski definition) is 4. The van der Waals surface area contributed by atoms with Crippen molar-refractivity contribution in [2.24, 2.45) is 0 Å². The largest absolute Gasteiger partial charge is 0.489 e. The third kappa shape index (κ3) is 6.46. The van der Waals surface area contributed by atoms with Crippen LogP contribution < -0.4 is 20.7 Å². The molecule has 6 heteroatoms. The molecule has 0 aromatic heterocycles. The molecule has 0 heterocycles. The average molecular weight is 381 g/mol. The second-order valence-corrected chi connectivity index (χ2v) is 6.56. The first kappa shape index (κ1) is 21.0. The maximum absolute atomic E-state index is 12.3. The van der Waals surface area contributed by atoms with Crippen LogP contribution >= 0.6 is 0 Å². The lowest BCUT2D eigenvalue weighted by atomic mass is 10.1. The Hall–Kier alpha value is -3.28. The Kier molecular flexibility index (Phi) is 7.63. The van der Waals surface area contributed by atoms with E-state index in [0.29, 0.717) is 24.5 Å². The first-order valence-corrected chi connectivity index (χ1v) is 9.19. The summed E-state index contributed by atoms with van der Waals surface area (Å²) in [6, 6.07) is 12.8. The minimum atomic E-state index is -0.181. The Bertz CT molecular complexity index is 862. The molecule has 28 heavy (non-hydrogen) atoms. The highest BCUT2D eigenvalue weighted by molar-refractivity contribution is 5.95. The van der Waals surface area contributed by atoms with Gasteiger partial charge in [0, 0.05) is 29.5 Å². The average Bonchev–Trinajstić information content (AvgIpc) is 2.67. The first-order chi connectivity index (χ1) is 13.4. The number of rotatable bonds is 9. The van der Waals surface area contributed by atoms with E-state index in [0.717, 1.165) is 22.5 Å². The summed E-state index contributed by atoms with van der Waals surface area (Å²) < 4.78 is 5.59. The third-order valence-corrected chi connectivity index (χ3v) is 3.97. The van der Waals surface area contributed by atoms with Gasteiger partial charge in [-0.2, -0.15) is 0 Å². The summed E-state index contributed by atoms with van der Waals surface area (Å²) in [7, 11) is 0. The summed E-state index contributed by atoms with van der Waals surface area (Å²) in [5.74, 6) is 0.440. The Morgan fingerprint density at radius 2 is 1.75 bits per heavy atom. The molecule has 0 atom stereocenters. The molecule has 6 nitrogen and oxygen atoms in total. The van der Waals surface area contributed by atoms with Gasteiger partial charge < -0.3 is 20.7 Å². The van der Waals surface area contributed by atoms with Crippen molar-refractivity contribution in [3.05, 3.63) is 60.2 Å². The highest BCUT2D eigenvalue weighted by Crippen LogP contribution is 2.23. The van der Waals surface area contributed by atoms with Crippen molar-refractivity contribution in [3.63, 3.8) is 0 Å². The number of anilines is 3. The summed E-state index contributed by atoms with van der Waals surface area (Å²) in [6.45, 7) is 9.92. The maximum atomic E-state index is 12.3. The fourth-order valence-electron chi connectivity index (χ4n) is 2.45. The van der Waals surface area contributed by atoms with Crippen molar-refractivity contribution in [2.75, 3.05) is 29.1 Å². The Labute approximate surface area is 166 Å². The summed E-state index contributed by atoms with van der Waals surface area (Å²) in [5, 5.41) is 8.81. The molecule has 0 unspecified atom stereocenters. The van der Waals surface area contributed by atoms with Crippen molar-refractivity contribution in [3.8, 4) is 5.75 Å². The Balaban J connectivity index is 1.94. The first-order valence-electron chi connectivity index (χ1n) is 9.19. The van der Waals surface area contributed by atoms with Gasteiger partial charge in [0.25, 0.3) is 0 Å². The molecule has 0 saturated heterocycles. The third-order valence-electron chi connectivity index (χ3n) is 3.97. The van der Waals surface area contributed by atoms with Crippen molar-refractivity contribution < 1.29 is 14.3 Å². The van der Waals surface area contributed by atoms with Crippen LogP contribution in [0.25, 0.3) is 0 Å². The highest BCUT2D eigenvalue weighted by Gasteiger charge is 2.08. The van der Waals surface area contributed by atoms with Gasteiger partial charge in [-0.05, 0) is 49.2 Å². The minimum Gasteiger partial charge on any atom is -0.489 e. The number of nitrogens with one attached hydrogen (secondary N) is 3. The van der Waals surface area contributed by atoms with E-state index in [1.54, 1.807) is 19.1 Å². The van der Waals surface area contributed by atoms with Gasteiger partial charge >= 0.3 is 0 Å². The van der Waals surface area contributed by atoms with E-state index >= 15 is 0 Å². The lowest BCUT2D eigenvalue weighted by Crippen LogP contribution is -2.22. The number of amides is 2. The topological polar surface area (TPSA) is 79.5 Å². The zero-order valence-corrected chi connectivity index (χ0v) is 16.6. The van der Waals surface area contributed by atoms with E-state index < -0.39 is 0 Å². The van der Waals surface area contributed by atoms with E-state index in [1.165, 1.54) is 0 Å². The van der Waals surface area contributed by atoms with E-state index in [9.17, 15) is 9.59 Å². The van der Waals surface area contributed by atoms with E-state index in [4.69, 9.17) is 4.74 Å². The normalized spacial score (nSPS) is 10.1. The lowest BCUT2D eigenvalue weighted by molar-refractivity contribution is -0.116. The van der Waals surface area contributed by atoms with Gasteiger partial charge in [0.15, 0.2) is 0 Å². The van der Waals surface area contributed by atoms with Crippen molar-refractivity contribution in [1.29, 1.82) is 0 Å². The predicted molar refractivity (Wildman–Crippen MR) is 114 cm³/mol. The van der Waals surface area contributed by atoms with Gasteiger partial charge in [-0.1, -0.05) is 25.6 Å². The molecule has 0 radical (unpaired) electrons. The fraction of sp³-hybridized carbons (Fsp3) is 0.273. The van der Waals surface area contributed by atoms with Crippen LogP contribution in [0.2, 0.25) is 0 Å². The number of benzene rings is 2. The molecule has 2 aromatic carbocycles. The number of hydrogen-bond donors (Lipinski definition) is 3. The molecular weight excluding hydrogens is 354 g/mol.